The molecule has 1 N–H and O–H groups in total. The lowest BCUT2D eigenvalue weighted by atomic mass is 9.87. The minimum absolute atomic E-state index is 0.231. The monoisotopic (exact) mass is 287 g/mol. The van der Waals surface area contributed by atoms with E-state index in [4.69, 9.17) is 4.74 Å². The summed E-state index contributed by atoms with van der Waals surface area (Å²) in [5.74, 6) is 1.16. The molecule has 0 bridgehead atoms. The van der Waals surface area contributed by atoms with Gasteiger partial charge in [0.15, 0.2) is 0 Å². The molecule has 1 aromatic heterocycles. The summed E-state index contributed by atoms with van der Waals surface area (Å²) in [7, 11) is 0.119. The van der Waals surface area contributed by atoms with Crippen LogP contribution in [0.4, 0.5) is 0 Å². The van der Waals surface area contributed by atoms with E-state index in [2.05, 4.69) is 9.82 Å². The van der Waals surface area contributed by atoms with Crippen molar-refractivity contribution < 1.29 is 13.2 Å². The third kappa shape index (κ3) is 3.27. The number of methoxy groups -OCH3 is 1. The number of nitrogens with zero attached hydrogens (tertiary/aromatic N) is 2. The van der Waals surface area contributed by atoms with Crippen molar-refractivity contribution in [1.29, 1.82) is 0 Å². The first-order valence-electron chi connectivity index (χ1n) is 6.46. The number of hydrogen-bond donors (Lipinski definition) is 1. The molecule has 0 saturated heterocycles. The highest BCUT2D eigenvalue weighted by Crippen LogP contribution is 2.27. The lowest BCUT2D eigenvalue weighted by molar-refractivity contribution is 0.346. The van der Waals surface area contributed by atoms with Gasteiger partial charge in [-0.3, -0.25) is 0 Å². The van der Waals surface area contributed by atoms with Gasteiger partial charge in [0, 0.05) is 13.6 Å². The van der Waals surface area contributed by atoms with Crippen LogP contribution in [0.15, 0.2) is 0 Å². The summed E-state index contributed by atoms with van der Waals surface area (Å²) >= 11 is 0. The maximum Gasteiger partial charge on any atom is 0.216 e. The van der Waals surface area contributed by atoms with Gasteiger partial charge < -0.3 is 4.74 Å². The summed E-state index contributed by atoms with van der Waals surface area (Å²) in [6, 6.07) is 0. The second kappa shape index (κ2) is 5.50. The molecule has 0 radical (unpaired) electrons. The number of sulfonamides is 1. The van der Waals surface area contributed by atoms with Gasteiger partial charge in [-0.05, 0) is 25.7 Å². The van der Waals surface area contributed by atoms with Crippen molar-refractivity contribution in [3.05, 3.63) is 11.3 Å². The minimum Gasteiger partial charge on any atom is -0.481 e. The summed E-state index contributed by atoms with van der Waals surface area (Å²) in [6.07, 6.45) is 3.20. The number of hydrogen-bond acceptors (Lipinski definition) is 4. The predicted octanol–water partition coefficient (Wildman–Crippen LogP) is 0.957. The molecule has 1 aliphatic carbocycles. The van der Waals surface area contributed by atoms with Crippen LogP contribution in [0, 0.1) is 12.8 Å². The molecule has 7 heteroatoms. The molecule has 108 valence electrons. The van der Waals surface area contributed by atoms with E-state index in [1.54, 1.807) is 18.8 Å². The maximum atomic E-state index is 11.9. The van der Waals surface area contributed by atoms with Crippen LogP contribution >= 0.6 is 0 Å². The Hall–Kier alpha value is -1.08. The molecule has 19 heavy (non-hydrogen) atoms. The number of rotatable bonds is 6. The summed E-state index contributed by atoms with van der Waals surface area (Å²) in [6.45, 7) is 2.08. The normalized spacial score (nSPS) is 16.4. The second-order valence-electron chi connectivity index (χ2n) is 5.10. The van der Waals surface area contributed by atoms with Crippen LogP contribution in [0.25, 0.3) is 0 Å². The van der Waals surface area contributed by atoms with Crippen LogP contribution in [0.3, 0.4) is 0 Å². The van der Waals surface area contributed by atoms with Gasteiger partial charge in [0.25, 0.3) is 0 Å². The van der Waals surface area contributed by atoms with Gasteiger partial charge in [-0.1, -0.05) is 6.42 Å². The fourth-order valence-corrected chi connectivity index (χ4v) is 3.79. The van der Waals surface area contributed by atoms with Crippen molar-refractivity contribution in [2.24, 2.45) is 13.0 Å². The molecule has 0 aliphatic heterocycles. The first-order chi connectivity index (χ1) is 8.93. The Labute approximate surface area is 114 Å². The highest BCUT2D eigenvalue weighted by molar-refractivity contribution is 7.89. The summed E-state index contributed by atoms with van der Waals surface area (Å²) < 4.78 is 33.4. The fourth-order valence-electron chi connectivity index (χ4n) is 2.35. The number of aryl methyl sites for hydroxylation is 2. The Bertz CT molecular complexity index is 547. The van der Waals surface area contributed by atoms with E-state index < -0.39 is 10.0 Å². The highest BCUT2D eigenvalue weighted by Gasteiger charge is 2.25. The third-order valence-electron chi connectivity index (χ3n) is 3.63. The summed E-state index contributed by atoms with van der Waals surface area (Å²) in [4.78, 5) is 0. The third-order valence-corrected chi connectivity index (χ3v) is 5.13. The number of nitrogens with one attached hydrogen (secondary N) is 1. The van der Waals surface area contributed by atoms with E-state index in [0.29, 0.717) is 11.8 Å². The predicted molar refractivity (Wildman–Crippen MR) is 72.5 cm³/mol. The van der Waals surface area contributed by atoms with Gasteiger partial charge in [-0.15, -0.1) is 0 Å². The first kappa shape index (κ1) is 14.3. The molecule has 2 rings (SSSR count). The van der Waals surface area contributed by atoms with Crippen LogP contribution in [-0.4, -0.2) is 31.1 Å². The Morgan fingerprint density at radius 3 is 2.68 bits per heavy atom. The van der Waals surface area contributed by atoms with Crippen molar-refractivity contribution in [2.45, 2.75) is 32.7 Å². The largest absolute Gasteiger partial charge is 0.481 e. The highest BCUT2D eigenvalue weighted by atomic mass is 32.2. The molecule has 0 atom stereocenters. The van der Waals surface area contributed by atoms with Crippen LogP contribution in [0.1, 0.15) is 30.5 Å². The molecular weight excluding hydrogens is 266 g/mol. The van der Waals surface area contributed by atoms with Crippen LogP contribution < -0.4 is 9.46 Å². The fraction of sp³-hybridized carbons (Fsp3) is 0.750. The lowest BCUT2D eigenvalue weighted by Crippen LogP contribution is -2.32. The molecule has 6 nitrogen and oxygen atoms in total. The van der Waals surface area contributed by atoms with Gasteiger partial charge in [-0.2, -0.15) is 5.10 Å². The Balaban J connectivity index is 2.01. The Morgan fingerprint density at radius 2 is 2.16 bits per heavy atom. The van der Waals surface area contributed by atoms with Crippen molar-refractivity contribution in [3.8, 4) is 5.88 Å². The SMILES string of the molecule is COc1c(CNS(=O)(=O)CC2CCC2)c(C)nn1C. The first-order valence-corrected chi connectivity index (χ1v) is 8.12. The Kier molecular flexibility index (Phi) is 4.15. The zero-order valence-corrected chi connectivity index (χ0v) is 12.5. The van der Waals surface area contributed by atoms with Crippen molar-refractivity contribution in [3.63, 3.8) is 0 Å². The zero-order chi connectivity index (χ0) is 14.0. The molecule has 0 aromatic carbocycles. The quantitative estimate of drug-likeness (QED) is 0.845. The average molecular weight is 287 g/mol. The van der Waals surface area contributed by atoms with E-state index >= 15 is 0 Å². The Morgan fingerprint density at radius 1 is 1.47 bits per heavy atom. The summed E-state index contributed by atoms with van der Waals surface area (Å²) in [5.41, 5.74) is 1.58. The van der Waals surface area contributed by atoms with E-state index in [1.807, 2.05) is 6.92 Å². The van der Waals surface area contributed by atoms with Gasteiger partial charge in [0.1, 0.15) is 0 Å². The number of ether oxygens (including phenoxy) is 1. The molecule has 0 amide bonds. The summed E-state index contributed by atoms with van der Waals surface area (Å²) in [5, 5.41) is 4.23. The molecule has 0 spiro atoms. The van der Waals surface area contributed by atoms with E-state index in [1.165, 1.54) is 0 Å². The second-order valence-corrected chi connectivity index (χ2v) is 6.95. The minimum atomic E-state index is -3.21. The van der Waals surface area contributed by atoms with Crippen molar-refractivity contribution in [2.75, 3.05) is 12.9 Å². The van der Waals surface area contributed by atoms with Crippen LogP contribution in [-0.2, 0) is 23.6 Å². The average Bonchev–Trinajstić information content (AvgIpc) is 2.55. The lowest BCUT2D eigenvalue weighted by Gasteiger charge is -2.24. The van der Waals surface area contributed by atoms with Crippen molar-refractivity contribution >= 4 is 10.0 Å². The molecule has 0 unspecified atom stereocenters. The van der Waals surface area contributed by atoms with Gasteiger partial charge >= 0.3 is 0 Å². The number of aromatic nitrogens is 2. The van der Waals surface area contributed by atoms with Gasteiger partial charge in [-0.25, -0.2) is 17.8 Å². The topological polar surface area (TPSA) is 73.2 Å². The van der Waals surface area contributed by atoms with E-state index in [0.717, 1.165) is 30.5 Å². The molecule has 1 aromatic rings. The van der Waals surface area contributed by atoms with Crippen LogP contribution in [0.2, 0.25) is 0 Å². The van der Waals surface area contributed by atoms with Crippen LogP contribution in [0.5, 0.6) is 5.88 Å². The van der Waals surface area contributed by atoms with E-state index in [9.17, 15) is 8.42 Å². The zero-order valence-electron chi connectivity index (χ0n) is 11.6. The maximum absolute atomic E-state index is 11.9. The standard InChI is InChI=1S/C12H21N3O3S/c1-9-11(12(18-3)15(2)14-9)7-13-19(16,17)8-10-5-4-6-10/h10,13H,4-8H2,1-3H3. The molecule has 1 heterocycles. The molecule has 1 aliphatic rings. The van der Waals surface area contributed by atoms with Crippen molar-refractivity contribution in [1.82, 2.24) is 14.5 Å². The molecule has 1 fully saturated rings. The van der Waals surface area contributed by atoms with Gasteiger partial charge in [0.2, 0.25) is 15.9 Å². The van der Waals surface area contributed by atoms with Gasteiger partial charge in [0.05, 0.1) is 24.1 Å². The molecule has 1 saturated carbocycles. The molecular formula is C12H21N3O3S. The van der Waals surface area contributed by atoms with E-state index in [-0.39, 0.29) is 12.3 Å². The smallest absolute Gasteiger partial charge is 0.216 e.